The third-order valence-corrected chi connectivity index (χ3v) is 1.39. The minimum atomic E-state index is -4.95. The number of hydrogen-bond donors (Lipinski definition) is 0. The number of halogens is 4. The summed E-state index contributed by atoms with van der Waals surface area (Å²) >= 11 is 0. The van der Waals surface area contributed by atoms with Crippen LogP contribution in [-0.2, 0) is 6.42 Å². The van der Waals surface area contributed by atoms with Crippen LogP contribution in [0.1, 0.15) is 5.56 Å². The summed E-state index contributed by atoms with van der Waals surface area (Å²) in [6.07, 6.45) is -5.29. The van der Waals surface area contributed by atoms with E-state index in [2.05, 4.69) is 9.72 Å². The zero-order valence-electron chi connectivity index (χ0n) is 7.18. The molecule has 7 heteroatoms. The van der Waals surface area contributed by atoms with Crippen LogP contribution < -0.4 is 4.74 Å². The van der Waals surface area contributed by atoms with E-state index >= 15 is 0 Å². The summed E-state index contributed by atoms with van der Waals surface area (Å²) in [5.74, 6) is -2.03. The van der Waals surface area contributed by atoms with Gasteiger partial charge in [-0.05, 0) is 12.1 Å². The second-order valence-electron chi connectivity index (χ2n) is 2.48. The molecule has 0 N–H and O–H groups in total. The van der Waals surface area contributed by atoms with E-state index in [-0.39, 0.29) is 12.0 Å². The second-order valence-corrected chi connectivity index (χ2v) is 2.48. The number of pyridine rings is 1. The molecule has 0 spiro atoms. The summed E-state index contributed by atoms with van der Waals surface area (Å²) in [6, 6.07) is 3.50. The van der Waals surface area contributed by atoms with Crippen molar-refractivity contribution in [1.82, 2.24) is 4.98 Å². The number of ether oxygens (including phenoxy) is 1. The molecule has 0 aliphatic heterocycles. The predicted octanol–water partition coefficient (Wildman–Crippen LogP) is 2.19. The Hall–Kier alpha value is -1.84. The van der Waals surface area contributed by atoms with E-state index in [0.717, 1.165) is 12.1 Å². The Bertz CT molecular complexity index is 397. The molecule has 0 saturated heterocycles. The van der Waals surface area contributed by atoms with Crippen molar-refractivity contribution in [1.29, 1.82) is 5.26 Å². The lowest BCUT2D eigenvalue weighted by molar-refractivity contribution is -0.276. The molecule has 1 heterocycles. The molecule has 1 rings (SSSR count). The molecule has 0 aromatic carbocycles. The monoisotopic (exact) mass is 220 g/mol. The highest BCUT2D eigenvalue weighted by Crippen LogP contribution is 2.24. The highest BCUT2D eigenvalue weighted by Gasteiger charge is 2.33. The third kappa shape index (κ3) is 3.42. The van der Waals surface area contributed by atoms with Crippen LogP contribution >= 0.6 is 0 Å². The van der Waals surface area contributed by atoms with E-state index in [9.17, 15) is 17.6 Å². The topological polar surface area (TPSA) is 45.9 Å². The number of aromatic nitrogens is 1. The Morgan fingerprint density at radius 3 is 2.60 bits per heavy atom. The molecular formula is C8H4F4N2O. The quantitative estimate of drug-likeness (QED) is 0.566. The number of alkyl halides is 3. The van der Waals surface area contributed by atoms with Gasteiger partial charge in [0.25, 0.3) is 0 Å². The largest absolute Gasteiger partial charge is 0.574 e. The van der Waals surface area contributed by atoms with Crippen LogP contribution in [0.3, 0.4) is 0 Å². The van der Waals surface area contributed by atoms with Crippen molar-refractivity contribution in [3.05, 3.63) is 23.6 Å². The van der Waals surface area contributed by atoms with Gasteiger partial charge in [0, 0.05) is 5.56 Å². The Kier molecular flexibility index (Phi) is 3.09. The lowest BCUT2D eigenvalue weighted by Gasteiger charge is -2.10. The van der Waals surface area contributed by atoms with Crippen molar-refractivity contribution >= 4 is 0 Å². The van der Waals surface area contributed by atoms with Crippen molar-refractivity contribution in [3.63, 3.8) is 0 Å². The Morgan fingerprint density at radius 1 is 1.40 bits per heavy atom. The number of rotatable bonds is 2. The number of hydrogen-bond acceptors (Lipinski definition) is 3. The molecule has 0 amide bonds. The van der Waals surface area contributed by atoms with Gasteiger partial charge in [0.2, 0.25) is 11.8 Å². The Labute approximate surface area is 81.9 Å². The van der Waals surface area contributed by atoms with Crippen LogP contribution in [-0.4, -0.2) is 11.3 Å². The average molecular weight is 220 g/mol. The number of nitriles is 1. The normalized spacial score (nSPS) is 10.9. The Balaban J connectivity index is 3.03. The third-order valence-electron chi connectivity index (χ3n) is 1.39. The molecule has 0 atom stereocenters. The lowest BCUT2D eigenvalue weighted by Crippen LogP contribution is -2.19. The minimum absolute atomic E-state index is 0.115. The fourth-order valence-corrected chi connectivity index (χ4v) is 0.864. The Morgan fingerprint density at radius 2 is 2.07 bits per heavy atom. The van der Waals surface area contributed by atoms with Gasteiger partial charge in [-0.25, -0.2) is 0 Å². The van der Waals surface area contributed by atoms with Gasteiger partial charge in [0.05, 0.1) is 12.5 Å². The van der Waals surface area contributed by atoms with Gasteiger partial charge in [0.15, 0.2) is 0 Å². The second kappa shape index (κ2) is 4.13. The van der Waals surface area contributed by atoms with Crippen LogP contribution in [0.25, 0.3) is 0 Å². The molecule has 80 valence electrons. The van der Waals surface area contributed by atoms with E-state index in [1.54, 1.807) is 6.07 Å². The number of nitrogens with zero attached hydrogens (tertiary/aromatic N) is 2. The molecule has 0 radical (unpaired) electrons. The van der Waals surface area contributed by atoms with Gasteiger partial charge in [-0.1, -0.05) is 0 Å². The van der Waals surface area contributed by atoms with Crippen LogP contribution in [0.5, 0.6) is 5.88 Å². The maximum atomic E-state index is 12.5. The average Bonchev–Trinajstić information content (AvgIpc) is 2.07. The van der Waals surface area contributed by atoms with Crippen LogP contribution in [0.15, 0.2) is 12.1 Å². The summed E-state index contributed by atoms with van der Waals surface area (Å²) in [6.45, 7) is 0. The first-order valence-electron chi connectivity index (χ1n) is 3.70. The summed E-state index contributed by atoms with van der Waals surface area (Å²) < 4.78 is 51.5. The summed E-state index contributed by atoms with van der Waals surface area (Å²) in [5, 5.41) is 8.30. The first kappa shape index (κ1) is 11.2. The molecule has 0 fully saturated rings. The molecule has 1 aromatic heterocycles. The van der Waals surface area contributed by atoms with Crippen LogP contribution in [0.2, 0.25) is 0 Å². The predicted molar refractivity (Wildman–Crippen MR) is 40.2 cm³/mol. The molecule has 0 unspecified atom stereocenters. The smallest absolute Gasteiger partial charge is 0.387 e. The van der Waals surface area contributed by atoms with Gasteiger partial charge in [-0.2, -0.15) is 14.6 Å². The van der Waals surface area contributed by atoms with Gasteiger partial charge >= 0.3 is 6.36 Å². The van der Waals surface area contributed by atoms with Crippen molar-refractivity contribution < 1.29 is 22.3 Å². The lowest BCUT2D eigenvalue weighted by atomic mass is 10.2. The van der Waals surface area contributed by atoms with E-state index in [4.69, 9.17) is 5.26 Å². The summed E-state index contributed by atoms with van der Waals surface area (Å²) in [4.78, 5) is 2.92. The zero-order valence-corrected chi connectivity index (χ0v) is 7.18. The van der Waals surface area contributed by atoms with Gasteiger partial charge in [0.1, 0.15) is 0 Å². The van der Waals surface area contributed by atoms with Crippen molar-refractivity contribution in [2.24, 2.45) is 0 Å². The van der Waals surface area contributed by atoms with E-state index in [1.165, 1.54) is 0 Å². The zero-order chi connectivity index (χ0) is 11.5. The van der Waals surface area contributed by atoms with Gasteiger partial charge < -0.3 is 4.74 Å². The minimum Gasteiger partial charge on any atom is -0.387 e. The molecule has 0 aliphatic carbocycles. The van der Waals surface area contributed by atoms with E-state index < -0.39 is 18.2 Å². The molecule has 1 aromatic rings. The summed E-state index contributed by atoms with van der Waals surface area (Å²) in [5.41, 5.74) is -0.115. The van der Waals surface area contributed by atoms with Crippen molar-refractivity contribution in [2.75, 3.05) is 0 Å². The first-order valence-corrected chi connectivity index (χ1v) is 3.70. The molecular weight excluding hydrogens is 216 g/mol. The molecule has 3 nitrogen and oxygen atoms in total. The SMILES string of the molecule is N#CCc1ccc(F)nc1OC(F)(F)F. The first-order chi connectivity index (χ1) is 6.92. The van der Waals surface area contributed by atoms with E-state index in [0.29, 0.717) is 0 Å². The molecule has 0 aliphatic rings. The highest BCUT2D eigenvalue weighted by molar-refractivity contribution is 5.28. The van der Waals surface area contributed by atoms with Gasteiger partial charge in [-0.15, -0.1) is 13.2 Å². The van der Waals surface area contributed by atoms with Crippen LogP contribution in [0.4, 0.5) is 17.6 Å². The van der Waals surface area contributed by atoms with E-state index in [1.807, 2.05) is 0 Å². The van der Waals surface area contributed by atoms with Crippen molar-refractivity contribution in [2.45, 2.75) is 12.8 Å². The molecule has 0 saturated carbocycles. The highest BCUT2D eigenvalue weighted by atomic mass is 19.4. The van der Waals surface area contributed by atoms with Gasteiger partial charge in [-0.3, -0.25) is 0 Å². The fourth-order valence-electron chi connectivity index (χ4n) is 0.864. The maximum Gasteiger partial charge on any atom is 0.574 e. The molecule has 15 heavy (non-hydrogen) atoms. The maximum absolute atomic E-state index is 12.5. The van der Waals surface area contributed by atoms with Crippen molar-refractivity contribution in [3.8, 4) is 11.9 Å². The summed E-state index contributed by atoms with van der Waals surface area (Å²) in [7, 11) is 0. The van der Waals surface area contributed by atoms with Crippen LogP contribution in [0, 0.1) is 17.3 Å². The fraction of sp³-hybridized carbons (Fsp3) is 0.250. The standard InChI is InChI=1S/C8H4F4N2O/c9-6-2-1-5(3-4-13)7(14-6)15-8(10,11)12/h1-2H,3H2. The molecule has 0 bridgehead atoms.